The molecule has 1 saturated heterocycles. The molecule has 2 fully saturated rings. The van der Waals surface area contributed by atoms with Crippen LogP contribution in [0.25, 0.3) is 0 Å². The number of benzene rings is 1. The van der Waals surface area contributed by atoms with Gasteiger partial charge in [0.15, 0.2) is 0 Å². The van der Waals surface area contributed by atoms with E-state index in [1.54, 1.807) is 0 Å². The number of hydrogen-bond donors (Lipinski definition) is 2. The van der Waals surface area contributed by atoms with Crippen molar-refractivity contribution in [1.82, 2.24) is 5.32 Å². The fraction of sp³-hybridized carbons (Fsp3) is 0.556. The molecule has 124 valence electrons. The van der Waals surface area contributed by atoms with Gasteiger partial charge in [-0.3, -0.25) is 9.59 Å². The SMILES string of the molecule is Cc1ccc(C2OCCCC2NC(=O)C2CCC2C(=O)O)cc1. The summed E-state index contributed by atoms with van der Waals surface area (Å²) in [5.74, 6) is -1.94. The molecule has 1 aromatic rings. The Hall–Kier alpha value is -1.88. The van der Waals surface area contributed by atoms with Crippen molar-refractivity contribution in [3.63, 3.8) is 0 Å². The molecule has 0 spiro atoms. The molecule has 0 bridgehead atoms. The van der Waals surface area contributed by atoms with Gasteiger partial charge < -0.3 is 15.2 Å². The fourth-order valence-electron chi connectivity index (χ4n) is 3.41. The predicted molar refractivity (Wildman–Crippen MR) is 84.9 cm³/mol. The molecule has 4 atom stereocenters. The third kappa shape index (κ3) is 3.39. The van der Waals surface area contributed by atoms with Gasteiger partial charge in [0.25, 0.3) is 0 Å². The number of hydrogen-bond acceptors (Lipinski definition) is 3. The van der Waals surface area contributed by atoms with Gasteiger partial charge in [0.05, 0.1) is 17.9 Å². The Balaban J connectivity index is 1.68. The number of nitrogens with one attached hydrogen (secondary N) is 1. The molecule has 5 heteroatoms. The molecule has 2 N–H and O–H groups in total. The molecule has 1 aromatic carbocycles. The maximum absolute atomic E-state index is 12.4. The zero-order chi connectivity index (χ0) is 16.4. The highest BCUT2D eigenvalue weighted by molar-refractivity contribution is 5.86. The highest BCUT2D eigenvalue weighted by atomic mass is 16.5. The first-order valence-electron chi connectivity index (χ1n) is 8.27. The van der Waals surface area contributed by atoms with E-state index in [0.717, 1.165) is 18.4 Å². The van der Waals surface area contributed by atoms with Gasteiger partial charge in [-0.1, -0.05) is 29.8 Å². The average Bonchev–Trinajstić information content (AvgIpc) is 2.47. The molecule has 23 heavy (non-hydrogen) atoms. The molecule has 1 heterocycles. The smallest absolute Gasteiger partial charge is 0.307 e. The number of aryl methyl sites for hydroxylation is 1. The minimum Gasteiger partial charge on any atom is -0.481 e. The summed E-state index contributed by atoms with van der Waals surface area (Å²) in [4.78, 5) is 23.5. The van der Waals surface area contributed by atoms with E-state index < -0.39 is 17.8 Å². The lowest BCUT2D eigenvalue weighted by Crippen LogP contribution is -2.50. The molecule has 1 amide bonds. The van der Waals surface area contributed by atoms with E-state index in [0.29, 0.717) is 19.4 Å². The lowest BCUT2D eigenvalue weighted by atomic mass is 9.73. The average molecular weight is 317 g/mol. The van der Waals surface area contributed by atoms with Crippen LogP contribution in [0.4, 0.5) is 0 Å². The van der Waals surface area contributed by atoms with Gasteiger partial charge >= 0.3 is 5.97 Å². The molecule has 1 aliphatic carbocycles. The second-order valence-electron chi connectivity index (χ2n) is 6.59. The summed E-state index contributed by atoms with van der Waals surface area (Å²) in [5.41, 5.74) is 2.24. The van der Waals surface area contributed by atoms with Gasteiger partial charge in [0.2, 0.25) is 5.91 Å². The zero-order valence-corrected chi connectivity index (χ0v) is 13.3. The van der Waals surface area contributed by atoms with Crippen LogP contribution in [0.5, 0.6) is 0 Å². The molecule has 1 aliphatic heterocycles. The van der Waals surface area contributed by atoms with Crippen LogP contribution in [-0.4, -0.2) is 29.6 Å². The van der Waals surface area contributed by atoms with Crippen LogP contribution in [0, 0.1) is 18.8 Å². The summed E-state index contributed by atoms with van der Waals surface area (Å²) in [6.07, 6.45) is 2.85. The number of carboxylic acid groups (broad SMARTS) is 1. The van der Waals surface area contributed by atoms with Crippen LogP contribution in [0.2, 0.25) is 0 Å². The number of carbonyl (C=O) groups excluding carboxylic acids is 1. The van der Waals surface area contributed by atoms with Crippen molar-refractivity contribution in [2.45, 2.75) is 44.8 Å². The molecular weight excluding hydrogens is 294 g/mol. The fourth-order valence-corrected chi connectivity index (χ4v) is 3.41. The van der Waals surface area contributed by atoms with Gasteiger partial charge in [-0.05, 0) is 38.2 Å². The summed E-state index contributed by atoms with van der Waals surface area (Å²) in [6, 6.07) is 8.06. The van der Waals surface area contributed by atoms with Crippen LogP contribution in [0.1, 0.15) is 42.9 Å². The van der Waals surface area contributed by atoms with E-state index in [1.807, 2.05) is 31.2 Å². The zero-order valence-electron chi connectivity index (χ0n) is 13.3. The highest BCUT2D eigenvalue weighted by Gasteiger charge is 2.42. The second kappa shape index (κ2) is 6.71. The topological polar surface area (TPSA) is 75.6 Å². The van der Waals surface area contributed by atoms with Crippen molar-refractivity contribution < 1.29 is 19.4 Å². The Labute approximate surface area is 136 Å². The van der Waals surface area contributed by atoms with Crippen molar-refractivity contribution in [1.29, 1.82) is 0 Å². The maximum atomic E-state index is 12.4. The molecule has 0 radical (unpaired) electrons. The number of ether oxygens (including phenoxy) is 1. The van der Waals surface area contributed by atoms with Crippen molar-refractivity contribution in [3.05, 3.63) is 35.4 Å². The number of amides is 1. The summed E-state index contributed by atoms with van der Waals surface area (Å²) < 4.78 is 5.89. The van der Waals surface area contributed by atoms with Crippen molar-refractivity contribution in [3.8, 4) is 0 Å². The van der Waals surface area contributed by atoms with E-state index in [2.05, 4.69) is 5.32 Å². The molecule has 5 nitrogen and oxygen atoms in total. The Morgan fingerprint density at radius 3 is 2.43 bits per heavy atom. The van der Waals surface area contributed by atoms with Crippen molar-refractivity contribution in [2.75, 3.05) is 6.61 Å². The highest BCUT2D eigenvalue weighted by Crippen LogP contribution is 2.36. The Kier molecular flexibility index (Phi) is 4.66. The number of rotatable bonds is 4. The lowest BCUT2D eigenvalue weighted by Gasteiger charge is -2.37. The van der Waals surface area contributed by atoms with E-state index >= 15 is 0 Å². The molecule has 0 aromatic heterocycles. The van der Waals surface area contributed by atoms with Gasteiger partial charge in [-0.25, -0.2) is 0 Å². The maximum Gasteiger partial charge on any atom is 0.307 e. The minimum absolute atomic E-state index is 0.0889. The summed E-state index contributed by atoms with van der Waals surface area (Å²) in [5, 5.41) is 12.2. The van der Waals surface area contributed by atoms with Gasteiger partial charge in [-0.15, -0.1) is 0 Å². The number of carbonyl (C=O) groups is 2. The van der Waals surface area contributed by atoms with Crippen LogP contribution >= 0.6 is 0 Å². The molecule has 4 unspecified atom stereocenters. The first-order valence-corrected chi connectivity index (χ1v) is 8.27. The largest absolute Gasteiger partial charge is 0.481 e. The summed E-state index contributed by atoms with van der Waals surface area (Å²) in [7, 11) is 0. The molecular formula is C18H23NO4. The van der Waals surface area contributed by atoms with Crippen LogP contribution in [-0.2, 0) is 14.3 Å². The molecule has 3 rings (SSSR count). The minimum atomic E-state index is -0.869. The monoisotopic (exact) mass is 317 g/mol. The third-order valence-electron chi connectivity index (χ3n) is 4.98. The van der Waals surface area contributed by atoms with E-state index in [-0.39, 0.29) is 18.1 Å². The third-order valence-corrected chi connectivity index (χ3v) is 4.98. The molecule has 2 aliphatic rings. The van der Waals surface area contributed by atoms with Crippen molar-refractivity contribution >= 4 is 11.9 Å². The van der Waals surface area contributed by atoms with Gasteiger partial charge in [0, 0.05) is 6.61 Å². The molecule has 1 saturated carbocycles. The standard InChI is InChI=1S/C18H23NO4/c1-11-4-6-12(7-5-11)16-15(3-2-10-23-16)19-17(20)13-8-9-14(13)18(21)22/h4-7,13-16H,2-3,8-10H2,1H3,(H,19,20)(H,21,22). The Morgan fingerprint density at radius 1 is 1.13 bits per heavy atom. The second-order valence-corrected chi connectivity index (χ2v) is 6.59. The Bertz CT molecular complexity index is 583. The lowest BCUT2D eigenvalue weighted by molar-refractivity contribution is -0.153. The normalized spacial score (nSPS) is 30.3. The van der Waals surface area contributed by atoms with E-state index in [4.69, 9.17) is 9.84 Å². The van der Waals surface area contributed by atoms with Crippen LogP contribution in [0.15, 0.2) is 24.3 Å². The predicted octanol–water partition coefficient (Wildman–Crippen LogP) is 2.44. The first-order chi connectivity index (χ1) is 11.1. The van der Waals surface area contributed by atoms with Crippen molar-refractivity contribution in [2.24, 2.45) is 11.8 Å². The summed E-state index contributed by atoms with van der Waals surface area (Å²) in [6.45, 7) is 2.72. The summed E-state index contributed by atoms with van der Waals surface area (Å²) >= 11 is 0. The van der Waals surface area contributed by atoms with Crippen LogP contribution < -0.4 is 5.32 Å². The van der Waals surface area contributed by atoms with E-state index in [1.165, 1.54) is 5.56 Å². The van der Waals surface area contributed by atoms with Gasteiger partial charge in [-0.2, -0.15) is 0 Å². The Morgan fingerprint density at radius 2 is 1.83 bits per heavy atom. The number of carboxylic acids is 1. The van der Waals surface area contributed by atoms with Gasteiger partial charge in [0.1, 0.15) is 6.10 Å². The quantitative estimate of drug-likeness (QED) is 0.894. The number of aliphatic carboxylic acids is 1. The van der Waals surface area contributed by atoms with Crippen LogP contribution in [0.3, 0.4) is 0 Å². The first kappa shape index (κ1) is 16.0. The van der Waals surface area contributed by atoms with E-state index in [9.17, 15) is 9.59 Å².